The molecule has 0 aliphatic heterocycles. The number of esters is 2. The number of carbonyl (C=O) groups excluding carboxylic acids is 2. The maximum Gasteiger partial charge on any atom is 0.306 e. The quantitative estimate of drug-likeness (QED) is 0.0195. The van der Waals surface area contributed by atoms with Gasteiger partial charge < -0.3 is 27.9 Å². The molecule has 2 unspecified atom stereocenters. The van der Waals surface area contributed by atoms with Crippen LogP contribution in [0.25, 0.3) is 0 Å². The Balaban J connectivity index is 3.93. The van der Waals surface area contributed by atoms with Crippen LogP contribution in [-0.2, 0) is 32.7 Å². The van der Waals surface area contributed by atoms with Crippen LogP contribution in [0.3, 0.4) is 0 Å². The summed E-state index contributed by atoms with van der Waals surface area (Å²) < 4.78 is 34.1. The van der Waals surface area contributed by atoms with Gasteiger partial charge in [-0.3, -0.25) is 14.2 Å². The number of phosphoric ester groups is 1. The minimum Gasteiger partial charge on any atom is -0.756 e. The fourth-order valence-corrected chi connectivity index (χ4v) is 9.86. The van der Waals surface area contributed by atoms with Crippen LogP contribution >= 0.6 is 7.82 Å². The first-order chi connectivity index (χ1) is 36.5. The number of phosphoric acid groups is 1. The Hall–Kier alpha value is -2.03. The molecular weight excluding hydrogens is 954 g/mol. The lowest BCUT2D eigenvalue weighted by Crippen LogP contribution is -2.37. The number of likely N-dealkylation sites (N-methyl/N-ethyl adjacent to an activating group) is 1. The number of ether oxygens (including phenoxy) is 2. The van der Waals surface area contributed by atoms with Crippen molar-refractivity contribution in [1.82, 2.24) is 0 Å². The summed E-state index contributed by atoms with van der Waals surface area (Å²) in [5.74, 6) is -0.831. The molecule has 75 heavy (non-hydrogen) atoms. The van der Waals surface area contributed by atoms with Crippen molar-refractivity contribution < 1.29 is 42.1 Å². The molecule has 0 aliphatic rings. The Bertz CT molecular complexity index is 1410. The fraction of sp³-hybridized carbons (Fsp3) is 0.846. The smallest absolute Gasteiger partial charge is 0.306 e. The van der Waals surface area contributed by atoms with Crippen molar-refractivity contribution in [3.8, 4) is 0 Å². The van der Waals surface area contributed by atoms with Crippen molar-refractivity contribution in [3.05, 3.63) is 48.6 Å². The van der Waals surface area contributed by atoms with Gasteiger partial charge in [0.1, 0.15) is 19.8 Å². The molecule has 0 aliphatic carbocycles. The van der Waals surface area contributed by atoms with Crippen LogP contribution in [0, 0.1) is 0 Å². The minimum atomic E-state index is -4.63. The summed E-state index contributed by atoms with van der Waals surface area (Å²) in [7, 11) is 1.17. The number of carbonyl (C=O) groups is 2. The molecule has 440 valence electrons. The van der Waals surface area contributed by atoms with E-state index in [1.54, 1.807) is 0 Å². The lowest BCUT2D eigenvalue weighted by atomic mass is 10.0. The second-order valence-electron chi connectivity index (χ2n) is 22.8. The first-order valence-corrected chi connectivity index (χ1v) is 33.3. The van der Waals surface area contributed by atoms with Crippen molar-refractivity contribution in [2.75, 3.05) is 47.5 Å². The number of quaternary nitrogens is 1. The van der Waals surface area contributed by atoms with E-state index in [4.69, 9.17) is 18.5 Å². The topological polar surface area (TPSA) is 111 Å². The minimum absolute atomic E-state index is 0.0307. The van der Waals surface area contributed by atoms with Gasteiger partial charge in [-0.1, -0.05) is 262 Å². The molecule has 0 saturated heterocycles. The van der Waals surface area contributed by atoms with Crippen LogP contribution in [0.2, 0.25) is 0 Å². The summed E-state index contributed by atoms with van der Waals surface area (Å²) in [6.07, 6.45) is 71.9. The predicted octanol–water partition coefficient (Wildman–Crippen LogP) is 19.5. The number of hydrogen-bond donors (Lipinski definition) is 0. The number of allylic oxidation sites excluding steroid dienone is 8. The maximum atomic E-state index is 12.8. The molecule has 0 radical (unpaired) electrons. The van der Waals surface area contributed by atoms with Crippen LogP contribution in [0.5, 0.6) is 0 Å². The molecule has 0 saturated carbocycles. The van der Waals surface area contributed by atoms with Crippen LogP contribution in [0.15, 0.2) is 48.6 Å². The van der Waals surface area contributed by atoms with Gasteiger partial charge in [-0.25, -0.2) is 0 Å². The Kier molecular flexibility index (Phi) is 55.1. The SMILES string of the molecule is CCCCCCC/C=C\C/C=C\C/C=C\CCCCCCCCCCCCCCCCCCCCCCCCC(=O)OC(COC(=O)CCCCCCC/C=C\CCCCCCC)COP(=O)([O-])OCC[N+](C)(C)C. The van der Waals surface area contributed by atoms with E-state index < -0.39 is 26.5 Å². The van der Waals surface area contributed by atoms with Gasteiger partial charge in [-0.15, -0.1) is 0 Å². The van der Waals surface area contributed by atoms with E-state index in [0.29, 0.717) is 17.4 Å². The highest BCUT2D eigenvalue weighted by molar-refractivity contribution is 7.45. The summed E-state index contributed by atoms with van der Waals surface area (Å²) >= 11 is 0. The molecule has 0 rings (SSSR count). The van der Waals surface area contributed by atoms with Gasteiger partial charge >= 0.3 is 11.9 Å². The Morgan fingerprint density at radius 3 is 1.08 bits per heavy atom. The predicted molar refractivity (Wildman–Crippen MR) is 319 cm³/mol. The summed E-state index contributed by atoms with van der Waals surface area (Å²) in [6, 6.07) is 0. The number of hydrogen-bond acceptors (Lipinski definition) is 8. The zero-order valence-electron chi connectivity index (χ0n) is 50.0. The third kappa shape index (κ3) is 61.1. The van der Waals surface area contributed by atoms with Crippen LogP contribution < -0.4 is 4.89 Å². The second kappa shape index (κ2) is 56.7. The van der Waals surface area contributed by atoms with Gasteiger partial charge in [-0.05, 0) is 77.0 Å². The highest BCUT2D eigenvalue weighted by atomic mass is 31.2. The van der Waals surface area contributed by atoms with Gasteiger partial charge in [0.2, 0.25) is 0 Å². The number of unbranched alkanes of at least 4 members (excludes halogenated alkanes) is 37. The Labute approximate surface area is 464 Å². The normalized spacial score (nSPS) is 13.5. The molecule has 9 nitrogen and oxygen atoms in total. The van der Waals surface area contributed by atoms with Crippen molar-refractivity contribution in [2.24, 2.45) is 0 Å². The van der Waals surface area contributed by atoms with Gasteiger partial charge in [0.25, 0.3) is 7.82 Å². The molecule has 0 spiro atoms. The van der Waals surface area contributed by atoms with E-state index >= 15 is 0 Å². The maximum absolute atomic E-state index is 12.8. The average Bonchev–Trinajstić information content (AvgIpc) is 3.37. The molecular formula is C65H122NO8P. The van der Waals surface area contributed by atoms with Crippen molar-refractivity contribution >= 4 is 19.8 Å². The Morgan fingerprint density at radius 1 is 0.413 bits per heavy atom. The first kappa shape index (κ1) is 73.0. The largest absolute Gasteiger partial charge is 0.756 e. The number of rotatable bonds is 59. The summed E-state index contributed by atoms with van der Waals surface area (Å²) in [5, 5.41) is 0. The molecule has 0 aromatic rings. The van der Waals surface area contributed by atoms with Crippen molar-refractivity contribution in [3.63, 3.8) is 0 Å². The summed E-state index contributed by atoms with van der Waals surface area (Å²) in [5.41, 5.74) is 0. The zero-order chi connectivity index (χ0) is 54.9. The standard InChI is InChI=1S/C65H122NO8P/c1-6-8-10-12-14-16-18-20-22-23-24-25-26-27-28-29-30-31-32-33-34-35-36-37-38-39-40-41-42-43-44-46-48-50-52-54-56-58-65(68)74-63(62-73-75(69,70)72-60-59-66(3,4)5)61-71-64(67)57-55-53-51-49-47-45-21-19-17-15-13-11-9-7-2/h18-21,23-24,26-27,63H,6-17,22,25,28-62H2,1-5H3/b20-18-,21-19-,24-23-,27-26-. The van der Waals surface area contributed by atoms with E-state index in [9.17, 15) is 19.0 Å². The highest BCUT2D eigenvalue weighted by Gasteiger charge is 2.22. The van der Waals surface area contributed by atoms with Gasteiger partial charge in [0.15, 0.2) is 6.10 Å². The Morgan fingerprint density at radius 2 is 0.720 bits per heavy atom. The van der Waals surface area contributed by atoms with Gasteiger partial charge in [-0.2, -0.15) is 0 Å². The molecule has 0 heterocycles. The van der Waals surface area contributed by atoms with Crippen molar-refractivity contribution in [1.29, 1.82) is 0 Å². The van der Waals surface area contributed by atoms with E-state index in [2.05, 4.69) is 62.5 Å². The molecule has 0 fully saturated rings. The molecule has 10 heteroatoms. The molecule has 0 amide bonds. The van der Waals surface area contributed by atoms with E-state index in [1.165, 1.54) is 205 Å². The van der Waals surface area contributed by atoms with Crippen LogP contribution in [0.4, 0.5) is 0 Å². The molecule has 0 N–H and O–H groups in total. The third-order valence-corrected chi connectivity index (χ3v) is 15.0. The third-order valence-electron chi connectivity index (χ3n) is 14.1. The van der Waals surface area contributed by atoms with E-state index in [1.807, 2.05) is 21.1 Å². The monoisotopic (exact) mass is 1080 g/mol. The summed E-state index contributed by atoms with van der Waals surface area (Å²) in [6.45, 7) is 4.24. The van der Waals surface area contributed by atoms with E-state index in [0.717, 1.165) is 64.2 Å². The lowest BCUT2D eigenvalue weighted by molar-refractivity contribution is -0.870. The van der Waals surface area contributed by atoms with E-state index in [-0.39, 0.29) is 32.0 Å². The zero-order valence-corrected chi connectivity index (χ0v) is 50.9. The van der Waals surface area contributed by atoms with Gasteiger partial charge in [0, 0.05) is 12.8 Å². The molecule has 0 aromatic heterocycles. The van der Waals surface area contributed by atoms with Crippen molar-refractivity contribution in [2.45, 2.75) is 309 Å². The van der Waals surface area contributed by atoms with Crippen LogP contribution in [-0.4, -0.2) is 70.0 Å². The lowest BCUT2D eigenvalue weighted by Gasteiger charge is -2.28. The molecule has 0 aromatic carbocycles. The molecule has 2 atom stereocenters. The highest BCUT2D eigenvalue weighted by Crippen LogP contribution is 2.38. The van der Waals surface area contributed by atoms with Gasteiger partial charge in [0.05, 0.1) is 27.7 Å². The summed E-state index contributed by atoms with van der Waals surface area (Å²) in [4.78, 5) is 37.8. The second-order valence-corrected chi connectivity index (χ2v) is 24.2. The molecule has 0 bridgehead atoms. The average molecular weight is 1080 g/mol. The first-order valence-electron chi connectivity index (χ1n) is 31.8. The number of nitrogens with zero attached hydrogens (tertiary/aromatic N) is 1. The van der Waals surface area contributed by atoms with Crippen LogP contribution in [0.1, 0.15) is 303 Å². The fourth-order valence-electron chi connectivity index (χ4n) is 9.13.